The summed E-state index contributed by atoms with van der Waals surface area (Å²) in [4.78, 5) is 11.1. The quantitative estimate of drug-likeness (QED) is 0.691. The molecule has 8 heteroatoms. The number of hydrogen-bond donors (Lipinski definition) is 2. The molecular weight excluding hydrogens is 344 g/mol. The second-order valence-electron chi connectivity index (χ2n) is 5.26. The number of hydrogen-bond acceptors (Lipinski definition) is 8. The Morgan fingerprint density at radius 2 is 1.84 bits per heavy atom. The van der Waals surface area contributed by atoms with E-state index in [1.165, 1.54) is 0 Å². The topological polar surface area (TPSA) is 75.0 Å². The number of methoxy groups -OCH3 is 2. The van der Waals surface area contributed by atoms with Crippen molar-refractivity contribution >= 4 is 12.6 Å². The summed E-state index contributed by atoms with van der Waals surface area (Å²) < 4.78 is 15.8. The lowest BCUT2D eigenvalue weighted by Gasteiger charge is -2.08. The third-order valence-electron chi connectivity index (χ3n) is 3.87. The van der Waals surface area contributed by atoms with E-state index in [9.17, 15) is 0 Å². The van der Waals surface area contributed by atoms with Gasteiger partial charge in [0.1, 0.15) is 17.7 Å². The molecule has 7 nitrogen and oxygen atoms in total. The summed E-state index contributed by atoms with van der Waals surface area (Å²) in [5.74, 6) is 2.21. The molecule has 1 aliphatic rings. The monoisotopic (exact) mass is 358 g/mol. The summed E-state index contributed by atoms with van der Waals surface area (Å²) in [5.41, 5.74) is 5.48. The first-order valence-corrected chi connectivity index (χ1v) is 7.79. The molecule has 0 saturated carbocycles. The van der Waals surface area contributed by atoms with Crippen LogP contribution in [0.3, 0.4) is 0 Å². The van der Waals surface area contributed by atoms with Gasteiger partial charge in [-0.2, -0.15) is 0 Å². The highest BCUT2D eigenvalue weighted by molar-refractivity contribution is 7.80. The van der Waals surface area contributed by atoms with Gasteiger partial charge in [-0.15, -0.1) is 12.6 Å². The van der Waals surface area contributed by atoms with E-state index in [0.29, 0.717) is 28.7 Å². The largest absolute Gasteiger partial charge is 0.496 e. The van der Waals surface area contributed by atoms with Crippen LogP contribution < -0.4 is 24.8 Å². The lowest BCUT2D eigenvalue weighted by atomic mass is 10.0. The van der Waals surface area contributed by atoms with Crippen LogP contribution in [0.15, 0.2) is 46.0 Å². The number of nitrogens with one attached hydrogen (secondary N) is 1. The van der Waals surface area contributed by atoms with Crippen molar-refractivity contribution in [1.82, 2.24) is 10.8 Å². The lowest BCUT2D eigenvalue weighted by Crippen LogP contribution is -2.14. The predicted octanol–water partition coefficient (Wildman–Crippen LogP) is 3.51. The van der Waals surface area contributed by atoms with Crippen LogP contribution >= 0.6 is 12.6 Å². The normalized spacial score (nSPS) is 12.3. The highest BCUT2D eigenvalue weighted by atomic mass is 32.1. The minimum Gasteiger partial charge on any atom is -0.496 e. The smallest absolute Gasteiger partial charge is 0.237 e. The van der Waals surface area contributed by atoms with Crippen molar-refractivity contribution in [3.05, 3.63) is 36.6 Å². The van der Waals surface area contributed by atoms with Gasteiger partial charge in [0, 0.05) is 21.7 Å². The number of nitrogens with zero attached hydrogens (tertiary/aromatic N) is 1. The van der Waals surface area contributed by atoms with Crippen LogP contribution in [-0.2, 0) is 0 Å². The van der Waals surface area contributed by atoms with Crippen LogP contribution in [0.5, 0.6) is 23.0 Å². The molecule has 0 fully saturated rings. The minimum absolute atomic E-state index is 0.485. The van der Waals surface area contributed by atoms with Gasteiger partial charge < -0.3 is 23.7 Å². The standard InChI is InChI=1S/C17H14N2O5S/c1-20-12-4-3-9(7-15(12)25)11-8-22-18-16(11)10-5-13(21-2)17-14(6-10)23-19-24-17/h3-8,19,25H,1-2H3. The van der Waals surface area contributed by atoms with Gasteiger partial charge in [-0.05, 0) is 29.8 Å². The Labute approximate surface area is 148 Å². The lowest BCUT2D eigenvalue weighted by molar-refractivity contribution is 0.0248. The molecule has 3 aromatic rings. The maximum Gasteiger partial charge on any atom is 0.237 e. The third-order valence-corrected chi connectivity index (χ3v) is 4.22. The van der Waals surface area contributed by atoms with E-state index in [1.807, 2.05) is 24.3 Å². The zero-order chi connectivity index (χ0) is 17.4. The van der Waals surface area contributed by atoms with Crippen molar-refractivity contribution < 1.29 is 23.7 Å². The maximum absolute atomic E-state index is 5.36. The second kappa shape index (κ2) is 6.23. The van der Waals surface area contributed by atoms with Crippen LogP contribution in [0.4, 0.5) is 0 Å². The van der Waals surface area contributed by atoms with E-state index < -0.39 is 0 Å². The average Bonchev–Trinajstić information content (AvgIpc) is 3.29. The molecule has 1 aromatic heterocycles. The summed E-state index contributed by atoms with van der Waals surface area (Å²) in [6, 6.07) is 9.26. The number of thiol groups is 1. The van der Waals surface area contributed by atoms with Crippen LogP contribution in [0.1, 0.15) is 0 Å². The summed E-state index contributed by atoms with van der Waals surface area (Å²) in [7, 11) is 3.16. The van der Waals surface area contributed by atoms with Gasteiger partial charge in [-0.3, -0.25) is 0 Å². The van der Waals surface area contributed by atoms with Crippen LogP contribution in [0.25, 0.3) is 22.4 Å². The molecule has 0 aliphatic carbocycles. The molecule has 0 atom stereocenters. The van der Waals surface area contributed by atoms with Crippen LogP contribution in [0, 0.1) is 0 Å². The first-order valence-electron chi connectivity index (χ1n) is 7.34. The first kappa shape index (κ1) is 15.7. The van der Waals surface area contributed by atoms with Gasteiger partial charge in [0.2, 0.25) is 11.5 Å². The molecule has 0 spiro atoms. The van der Waals surface area contributed by atoms with Crippen molar-refractivity contribution in [2.45, 2.75) is 4.90 Å². The molecule has 0 unspecified atom stereocenters. The first-order chi connectivity index (χ1) is 12.2. The van der Waals surface area contributed by atoms with E-state index in [1.54, 1.807) is 26.5 Å². The maximum atomic E-state index is 5.36. The van der Waals surface area contributed by atoms with Gasteiger partial charge >= 0.3 is 0 Å². The molecular formula is C17H14N2O5S. The van der Waals surface area contributed by atoms with E-state index in [-0.39, 0.29) is 0 Å². The van der Waals surface area contributed by atoms with E-state index in [2.05, 4.69) is 23.4 Å². The fourth-order valence-corrected chi connectivity index (χ4v) is 2.96. The number of benzene rings is 2. The van der Waals surface area contributed by atoms with Crippen molar-refractivity contribution in [1.29, 1.82) is 0 Å². The van der Waals surface area contributed by atoms with Crippen molar-refractivity contribution in [3.63, 3.8) is 0 Å². The Morgan fingerprint density at radius 1 is 1.00 bits per heavy atom. The summed E-state index contributed by atoms with van der Waals surface area (Å²) in [6.45, 7) is 0. The van der Waals surface area contributed by atoms with Crippen LogP contribution in [0.2, 0.25) is 0 Å². The summed E-state index contributed by atoms with van der Waals surface area (Å²) in [6.07, 6.45) is 1.58. The molecule has 0 bridgehead atoms. The molecule has 2 aromatic carbocycles. The second-order valence-corrected chi connectivity index (χ2v) is 5.74. The molecule has 0 radical (unpaired) electrons. The number of aromatic nitrogens is 1. The van der Waals surface area contributed by atoms with E-state index in [4.69, 9.17) is 23.7 Å². The van der Waals surface area contributed by atoms with Gasteiger partial charge in [-0.1, -0.05) is 11.2 Å². The van der Waals surface area contributed by atoms with Crippen molar-refractivity contribution in [2.24, 2.45) is 0 Å². The number of rotatable bonds is 4. The fraction of sp³-hybridized carbons (Fsp3) is 0.118. The summed E-state index contributed by atoms with van der Waals surface area (Å²) >= 11 is 4.44. The third kappa shape index (κ3) is 2.65. The van der Waals surface area contributed by atoms with E-state index in [0.717, 1.165) is 21.6 Å². The van der Waals surface area contributed by atoms with Gasteiger partial charge in [0.05, 0.1) is 14.2 Å². The van der Waals surface area contributed by atoms with Gasteiger partial charge in [-0.25, -0.2) is 0 Å². The molecule has 0 amide bonds. The fourth-order valence-electron chi connectivity index (χ4n) is 2.66. The zero-order valence-electron chi connectivity index (χ0n) is 13.4. The van der Waals surface area contributed by atoms with Gasteiger partial charge in [0.15, 0.2) is 5.75 Å². The highest BCUT2D eigenvalue weighted by Crippen LogP contribution is 2.44. The Bertz CT molecular complexity index is 941. The number of fused-ring (bicyclic) bond motifs is 1. The summed E-state index contributed by atoms with van der Waals surface area (Å²) in [5, 5.41) is 4.13. The molecule has 128 valence electrons. The SMILES string of the molecule is COc1ccc(-c2conc2-c2cc(OC)c3c(c2)ONO3)cc1S. The predicted molar refractivity (Wildman–Crippen MR) is 92.1 cm³/mol. The van der Waals surface area contributed by atoms with Crippen molar-refractivity contribution in [2.75, 3.05) is 14.2 Å². The molecule has 1 aliphatic heterocycles. The molecule has 1 N–H and O–H groups in total. The van der Waals surface area contributed by atoms with Gasteiger partial charge in [0.25, 0.3) is 0 Å². The molecule has 0 saturated heterocycles. The Balaban J connectivity index is 1.82. The molecule has 25 heavy (non-hydrogen) atoms. The molecule has 2 heterocycles. The Kier molecular flexibility index (Phi) is 3.90. The zero-order valence-corrected chi connectivity index (χ0v) is 14.3. The minimum atomic E-state index is 0.485. The Hall–Kier alpha value is -2.84. The van der Waals surface area contributed by atoms with Crippen LogP contribution in [-0.4, -0.2) is 19.4 Å². The highest BCUT2D eigenvalue weighted by Gasteiger charge is 2.24. The van der Waals surface area contributed by atoms with Crippen molar-refractivity contribution in [3.8, 4) is 45.4 Å². The van der Waals surface area contributed by atoms with E-state index >= 15 is 0 Å². The number of ether oxygens (including phenoxy) is 2. The molecule has 4 rings (SSSR count). The average molecular weight is 358 g/mol. The Morgan fingerprint density at radius 3 is 2.60 bits per heavy atom.